The molecular formula is C20H21N3O6. The number of nitrogens with one attached hydrogen (secondary N) is 2. The molecule has 0 radical (unpaired) electrons. The van der Waals surface area contributed by atoms with E-state index in [9.17, 15) is 14.4 Å². The van der Waals surface area contributed by atoms with E-state index in [-0.39, 0.29) is 5.75 Å². The second-order valence-corrected chi connectivity index (χ2v) is 5.80. The number of rotatable bonds is 8. The Morgan fingerprint density at radius 2 is 1.79 bits per heavy atom. The van der Waals surface area contributed by atoms with E-state index in [2.05, 4.69) is 15.8 Å². The van der Waals surface area contributed by atoms with Gasteiger partial charge in [-0.3, -0.25) is 9.59 Å². The maximum atomic E-state index is 11.9. The largest absolute Gasteiger partial charge is 0.493 e. The first-order valence-electron chi connectivity index (χ1n) is 8.69. The molecule has 0 bridgehead atoms. The topological polar surface area (TPSA) is 126 Å². The third-order valence-corrected chi connectivity index (χ3v) is 3.74. The minimum Gasteiger partial charge on any atom is -0.493 e. The van der Waals surface area contributed by atoms with Crippen molar-refractivity contribution in [3.63, 3.8) is 0 Å². The third kappa shape index (κ3) is 6.65. The molecular weight excluding hydrogens is 378 g/mol. The minimum atomic E-state index is -1.11. The van der Waals surface area contributed by atoms with Gasteiger partial charge < -0.3 is 19.9 Å². The number of ether oxygens (including phenoxy) is 2. The molecule has 0 aliphatic carbocycles. The predicted octanol–water partition coefficient (Wildman–Crippen LogP) is 1.81. The van der Waals surface area contributed by atoms with Crippen molar-refractivity contribution in [1.82, 2.24) is 5.43 Å². The van der Waals surface area contributed by atoms with Crippen molar-refractivity contribution < 1.29 is 29.0 Å². The molecule has 0 aliphatic rings. The van der Waals surface area contributed by atoms with Gasteiger partial charge in [0.1, 0.15) is 0 Å². The van der Waals surface area contributed by atoms with Crippen LogP contribution >= 0.6 is 0 Å². The molecule has 0 fully saturated rings. The van der Waals surface area contributed by atoms with Crippen LogP contribution in [0, 0.1) is 0 Å². The number of amides is 2. The molecule has 9 nitrogen and oxygen atoms in total. The van der Waals surface area contributed by atoms with Crippen molar-refractivity contribution in [3.05, 3.63) is 53.6 Å². The lowest BCUT2D eigenvalue weighted by molar-refractivity contribution is -0.139. The quantitative estimate of drug-likeness (QED) is 0.353. The molecule has 0 saturated heterocycles. The van der Waals surface area contributed by atoms with Crippen LogP contribution in [0.2, 0.25) is 0 Å². The molecule has 2 aromatic rings. The summed E-state index contributed by atoms with van der Waals surface area (Å²) in [6, 6.07) is 11.8. The Balaban J connectivity index is 1.92. The summed E-state index contributed by atoms with van der Waals surface area (Å²) in [6.45, 7) is 1.52. The van der Waals surface area contributed by atoms with Gasteiger partial charge in [-0.05, 0) is 47.9 Å². The summed E-state index contributed by atoms with van der Waals surface area (Å²) in [7, 11) is 1.41. The molecule has 0 heterocycles. The molecule has 2 amide bonds. The van der Waals surface area contributed by atoms with E-state index in [4.69, 9.17) is 14.6 Å². The van der Waals surface area contributed by atoms with E-state index in [1.807, 2.05) is 19.1 Å². The van der Waals surface area contributed by atoms with Gasteiger partial charge in [-0.1, -0.05) is 19.1 Å². The van der Waals surface area contributed by atoms with Gasteiger partial charge in [0.2, 0.25) is 0 Å². The fourth-order valence-corrected chi connectivity index (χ4v) is 2.25. The Bertz CT molecular complexity index is 909. The Labute approximate surface area is 167 Å². The zero-order chi connectivity index (χ0) is 21.2. The smallest absolute Gasteiger partial charge is 0.341 e. The molecule has 0 spiro atoms. The zero-order valence-electron chi connectivity index (χ0n) is 16.0. The molecule has 2 aromatic carbocycles. The Hall–Kier alpha value is -3.88. The van der Waals surface area contributed by atoms with Crippen LogP contribution in [-0.2, 0) is 20.8 Å². The van der Waals surface area contributed by atoms with E-state index in [1.165, 1.54) is 19.4 Å². The van der Waals surface area contributed by atoms with E-state index in [1.54, 1.807) is 24.3 Å². The number of carboxylic acids is 1. The van der Waals surface area contributed by atoms with E-state index >= 15 is 0 Å². The lowest BCUT2D eigenvalue weighted by Gasteiger charge is -2.09. The lowest BCUT2D eigenvalue weighted by Crippen LogP contribution is -2.32. The summed E-state index contributed by atoms with van der Waals surface area (Å²) in [5, 5.41) is 14.9. The number of aryl methyl sites for hydroxylation is 1. The number of hydrogen-bond donors (Lipinski definition) is 3. The van der Waals surface area contributed by atoms with E-state index < -0.39 is 24.4 Å². The van der Waals surface area contributed by atoms with Gasteiger partial charge in [-0.2, -0.15) is 5.10 Å². The first kappa shape index (κ1) is 21.4. The fraction of sp³-hybridized carbons (Fsp3) is 0.200. The van der Waals surface area contributed by atoms with Crippen LogP contribution in [0.15, 0.2) is 47.6 Å². The number of aliphatic carboxylic acids is 1. The summed E-state index contributed by atoms with van der Waals surface area (Å²) < 4.78 is 10.2. The minimum absolute atomic E-state index is 0.254. The van der Waals surface area contributed by atoms with Gasteiger partial charge in [0, 0.05) is 5.69 Å². The Morgan fingerprint density at radius 1 is 1.07 bits per heavy atom. The molecule has 0 atom stereocenters. The average molecular weight is 399 g/mol. The highest BCUT2D eigenvalue weighted by Crippen LogP contribution is 2.27. The van der Waals surface area contributed by atoms with Gasteiger partial charge in [-0.25, -0.2) is 10.2 Å². The number of nitrogens with zero attached hydrogens (tertiary/aromatic N) is 1. The van der Waals surface area contributed by atoms with Crippen LogP contribution in [0.1, 0.15) is 18.1 Å². The molecule has 0 aromatic heterocycles. The number of hydrogen-bond acceptors (Lipinski definition) is 6. The first-order valence-corrected chi connectivity index (χ1v) is 8.69. The SMILES string of the molecule is CCc1ccc(NC(=O)C(=O)N/N=C\c2ccc(OCC(=O)O)c(OC)c2)cc1. The molecule has 152 valence electrons. The Kier molecular flexibility index (Phi) is 7.72. The van der Waals surface area contributed by atoms with E-state index in [0.29, 0.717) is 17.0 Å². The van der Waals surface area contributed by atoms with Crippen molar-refractivity contribution in [2.24, 2.45) is 5.10 Å². The first-order chi connectivity index (χ1) is 13.9. The number of carbonyl (C=O) groups is 3. The standard InChI is InChI=1S/C20H21N3O6/c1-3-13-4-7-15(8-5-13)22-19(26)20(27)23-21-11-14-6-9-16(17(10-14)28-2)29-12-18(24)25/h4-11H,3,12H2,1-2H3,(H,22,26)(H,23,27)(H,24,25)/b21-11-. The summed E-state index contributed by atoms with van der Waals surface area (Å²) in [5.74, 6) is -2.32. The second kappa shape index (κ2) is 10.5. The van der Waals surface area contributed by atoms with Crippen molar-refractivity contribution in [2.75, 3.05) is 19.0 Å². The monoisotopic (exact) mass is 399 g/mol. The highest BCUT2D eigenvalue weighted by molar-refractivity contribution is 6.39. The van der Waals surface area contributed by atoms with Crippen molar-refractivity contribution in [2.45, 2.75) is 13.3 Å². The summed E-state index contributed by atoms with van der Waals surface area (Å²) in [6.07, 6.45) is 2.19. The molecule has 9 heteroatoms. The maximum absolute atomic E-state index is 11.9. The highest BCUT2D eigenvalue weighted by Gasteiger charge is 2.13. The Morgan fingerprint density at radius 3 is 2.41 bits per heavy atom. The number of benzene rings is 2. The van der Waals surface area contributed by atoms with Crippen LogP contribution in [-0.4, -0.2) is 42.8 Å². The van der Waals surface area contributed by atoms with Crippen LogP contribution in [0.3, 0.4) is 0 Å². The van der Waals surface area contributed by atoms with Crippen LogP contribution in [0.4, 0.5) is 5.69 Å². The number of hydrazone groups is 1. The van der Waals surface area contributed by atoms with Gasteiger partial charge >= 0.3 is 17.8 Å². The van der Waals surface area contributed by atoms with Gasteiger partial charge in [-0.15, -0.1) is 0 Å². The molecule has 0 aliphatic heterocycles. The van der Waals surface area contributed by atoms with Gasteiger partial charge in [0.15, 0.2) is 18.1 Å². The molecule has 0 unspecified atom stereocenters. The maximum Gasteiger partial charge on any atom is 0.341 e. The molecule has 0 saturated carbocycles. The van der Waals surface area contributed by atoms with Crippen LogP contribution in [0.5, 0.6) is 11.5 Å². The predicted molar refractivity (Wildman–Crippen MR) is 106 cm³/mol. The lowest BCUT2D eigenvalue weighted by atomic mass is 10.1. The fourth-order valence-electron chi connectivity index (χ4n) is 2.25. The highest BCUT2D eigenvalue weighted by atomic mass is 16.5. The van der Waals surface area contributed by atoms with Crippen molar-refractivity contribution in [1.29, 1.82) is 0 Å². The molecule has 2 rings (SSSR count). The van der Waals surface area contributed by atoms with Gasteiger partial charge in [0.05, 0.1) is 13.3 Å². The van der Waals surface area contributed by atoms with Crippen LogP contribution < -0.4 is 20.2 Å². The summed E-state index contributed by atoms with van der Waals surface area (Å²) in [5.41, 5.74) is 4.30. The second-order valence-electron chi connectivity index (χ2n) is 5.80. The third-order valence-electron chi connectivity index (χ3n) is 3.74. The number of anilines is 1. The van der Waals surface area contributed by atoms with Gasteiger partial charge in [0.25, 0.3) is 0 Å². The van der Waals surface area contributed by atoms with Crippen molar-refractivity contribution in [3.8, 4) is 11.5 Å². The summed E-state index contributed by atoms with van der Waals surface area (Å²) in [4.78, 5) is 34.3. The van der Waals surface area contributed by atoms with Crippen LogP contribution in [0.25, 0.3) is 0 Å². The molecule has 29 heavy (non-hydrogen) atoms. The number of carbonyl (C=O) groups excluding carboxylic acids is 2. The van der Waals surface area contributed by atoms with Crippen molar-refractivity contribution >= 4 is 29.7 Å². The normalized spacial score (nSPS) is 10.4. The summed E-state index contributed by atoms with van der Waals surface area (Å²) >= 11 is 0. The number of methoxy groups -OCH3 is 1. The average Bonchev–Trinajstić information content (AvgIpc) is 2.72. The van der Waals surface area contributed by atoms with E-state index in [0.717, 1.165) is 12.0 Å². The molecule has 3 N–H and O–H groups in total. The zero-order valence-corrected chi connectivity index (χ0v) is 16.0. The number of carboxylic acid groups (broad SMARTS) is 1.